The molecule has 1 heterocycles. The molecule has 21 heavy (non-hydrogen) atoms. The van der Waals surface area contributed by atoms with Crippen molar-refractivity contribution in [3.63, 3.8) is 0 Å². The number of hydrazone groups is 1. The van der Waals surface area contributed by atoms with Gasteiger partial charge in [0.15, 0.2) is 0 Å². The second-order valence-corrected chi connectivity index (χ2v) is 5.77. The Hall–Kier alpha value is -2.03. The molecular formula is C17H14N2OSe. The molecule has 0 amide bonds. The SMILES string of the molecule is CC1=NN(c2ccccc2)C(=[Se])C1C(=O)c1ccccc1. The van der Waals surface area contributed by atoms with E-state index in [4.69, 9.17) is 0 Å². The monoisotopic (exact) mass is 342 g/mol. The van der Waals surface area contributed by atoms with Crippen molar-refractivity contribution in [3.05, 3.63) is 66.2 Å². The summed E-state index contributed by atoms with van der Waals surface area (Å²) >= 11 is 3.03. The van der Waals surface area contributed by atoms with Gasteiger partial charge in [0.2, 0.25) is 0 Å². The van der Waals surface area contributed by atoms with Crippen molar-refractivity contribution in [1.29, 1.82) is 0 Å². The standard InChI is InChI=1S/C17H14N2OSe/c1-12-15(16(20)13-8-4-2-5-9-13)17(21)19(18-12)14-10-6-3-7-11-14/h2-11,15H,1H3. The van der Waals surface area contributed by atoms with E-state index in [0.717, 1.165) is 15.9 Å². The molecule has 0 spiro atoms. The molecule has 2 aromatic carbocycles. The summed E-state index contributed by atoms with van der Waals surface area (Å²) in [6.45, 7) is 1.89. The van der Waals surface area contributed by atoms with Crippen molar-refractivity contribution in [2.24, 2.45) is 11.0 Å². The predicted molar refractivity (Wildman–Crippen MR) is 87.1 cm³/mol. The molecule has 3 nitrogen and oxygen atoms in total. The van der Waals surface area contributed by atoms with Crippen LogP contribution in [0.25, 0.3) is 0 Å². The molecule has 0 N–H and O–H groups in total. The summed E-state index contributed by atoms with van der Waals surface area (Å²) in [5.74, 6) is -0.253. The Morgan fingerprint density at radius 2 is 1.62 bits per heavy atom. The van der Waals surface area contributed by atoms with Gasteiger partial charge in [-0.3, -0.25) is 0 Å². The number of ketones is 1. The number of anilines is 1. The third-order valence-electron chi connectivity index (χ3n) is 3.45. The van der Waals surface area contributed by atoms with Gasteiger partial charge >= 0.3 is 131 Å². The quantitative estimate of drug-likeness (QED) is 0.635. The van der Waals surface area contributed by atoms with Gasteiger partial charge in [0.05, 0.1) is 0 Å². The summed E-state index contributed by atoms with van der Waals surface area (Å²) in [6, 6.07) is 19.2. The maximum absolute atomic E-state index is 12.7. The molecule has 0 saturated heterocycles. The molecule has 0 saturated carbocycles. The number of Topliss-reactive ketones (excluding diaryl/α,β-unsaturated/α-hetero) is 1. The third-order valence-corrected chi connectivity index (χ3v) is 4.31. The van der Waals surface area contributed by atoms with Gasteiger partial charge in [-0.25, -0.2) is 0 Å². The Kier molecular flexibility index (Phi) is 3.82. The first kappa shape index (κ1) is 13.9. The van der Waals surface area contributed by atoms with Crippen LogP contribution in [0.15, 0.2) is 65.8 Å². The number of hydrogen-bond acceptors (Lipinski definition) is 3. The predicted octanol–water partition coefficient (Wildman–Crippen LogP) is 2.68. The first-order chi connectivity index (χ1) is 10.2. The van der Waals surface area contributed by atoms with Crippen molar-refractivity contribution in [2.75, 3.05) is 5.01 Å². The second kappa shape index (κ2) is 5.76. The van der Waals surface area contributed by atoms with Crippen LogP contribution in [0.4, 0.5) is 5.69 Å². The molecule has 0 radical (unpaired) electrons. The molecule has 1 atom stereocenters. The maximum atomic E-state index is 12.7. The van der Waals surface area contributed by atoms with Gasteiger partial charge in [0.25, 0.3) is 0 Å². The Bertz CT molecular complexity index is 710. The molecule has 3 rings (SSSR count). The molecule has 1 unspecified atom stereocenters. The minimum absolute atomic E-state index is 0.0732. The minimum atomic E-state index is -0.326. The van der Waals surface area contributed by atoms with E-state index in [1.165, 1.54) is 0 Å². The van der Waals surface area contributed by atoms with Gasteiger partial charge in [-0.2, -0.15) is 0 Å². The van der Waals surface area contributed by atoms with Crippen LogP contribution in [0.2, 0.25) is 0 Å². The summed E-state index contributed by atoms with van der Waals surface area (Å²) < 4.78 is 0.826. The molecule has 0 bridgehead atoms. The number of nitrogens with zero attached hydrogens (tertiary/aromatic N) is 2. The Morgan fingerprint density at radius 1 is 1.05 bits per heavy atom. The average molecular weight is 341 g/mol. The van der Waals surface area contributed by atoms with Crippen LogP contribution in [-0.4, -0.2) is 31.6 Å². The molecular weight excluding hydrogens is 327 g/mol. The molecule has 2 aromatic rings. The van der Waals surface area contributed by atoms with Crippen LogP contribution in [0.5, 0.6) is 0 Å². The third kappa shape index (κ3) is 2.60. The fourth-order valence-electron chi connectivity index (χ4n) is 2.39. The Balaban J connectivity index is 1.91. The number of carbonyl (C=O) groups excluding carboxylic acids is 1. The summed E-state index contributed by atoms with van der Waals surface area (Å²) in [6.07, 6.45) is 0. The second-order valence-electron chi connectivity index (χ2n) is 4.89. The van der Waals surface area contributed by atoms with Gasteiger partial charge in [-0.05, 0) is 0 Å². The van der Waals surface area contributed by atoms with Crippen molar-refractivity contribution >= 4 is 37.3 Å². The van der Waals surface area contributed by atoms with Crippen LogP contribution in [0, 0.1) is 5.92 Å². The Labute approximate surface area is 131 Å². The van der Waals surface area contributed by atoms with Crippen LogP contribution in [0.1, 0.15) is 17.3 Å². The molecule has 1 aliphatic heterocycles. The number of para-hydroxylation sites is 1. The van der Waals surface area contributed by atoms with E-state index in [1.807, 2.05) is 67.6 Å². The zero-order chi connectivity index (χ0) is 14.8. The normalized spacial score (nSPS) is 17.8. The van der Waals surface area contributed by atoms with Gasteiger partial charge in [-0.15, -0.1) is 0 Å². The van der Waals surface area contributed by atoms with Crippen LogP contribution in [0.3, 0.4) is 0 Å². The van der Waals surface area contributed by atoms with Crippen LogP contribution >= 0.6 is 0 Å². The van der Waals surface area contributed by atoms with Crippen molar-refractivity contribution < 1.29 is 4.79 Å². The zero-order valence-electron chi connectivity index (χ0n) is 11.6. The van der Waals surface area contributed by atoms with E-state index in [9.17, 15) is 4.79 Å². The Morgan fingerprint density at radius 3 is 2.24 bits per heavy atom. The molecule has 1 aliphatic rings. The summed E-state index contributed by atoms with van der Waals surface area (Å²) in [5, 5.41) is 6.34. The average Bonchev–Trinajstić information content (AvgIpc) is 2.83. The molecule has 0 fully saturated rings. The topological polar surface area (TPSA) is 32.7 Å². The molecule has 104 valence electrons. The first-order valence-electron chi connectivity index (χ1n) is 6.72. The van der Waals surface area contributed by atoms with E-state index in [-0.39, 0.29) is 11.7 Å². The van der Waals surface area contributed by atoms with E-state index in [2.05, 4.69) is 20.7 Å². The fourth-order valence-corrected chi connectivity index (χ4v) is 3.28. The fraction of sp³-hybridized carbons (Fsp3) is 0.118. The van der Waals surface area contributed by atoms with Gasteiger partial charge in [0, 0.05) is 0 Å². The summed E-state index contributed by atoms with van der Waals surface area (Å²) in [5.41, 5.74) is 2.47. The number of hydrogen-bond donors (Lipinski definition) is 0. The van der Waals surface area contributed by atoms with Crippen molar-refractivity contribution in [2.45, 2.75) is 6.92 Å². The molecule has 4 heteroatoms. The molecule has 0 aromatic heterocycles. The van der Waals surface area contributed by atoms with Gasteiger partial charge < -0.3 is 0 Å². The summed E-state index contributed by atoms with van der Waals surface area (Å²) in [7, 11) is 0. The zero-order valence-corrected chi connectivity index (χ0v) is 13.3. The van der Waals surface area contributed by atoms with E-state index >= 15 is 0 Å². The number of rotatable bonds is 3. The van der Waals surface area contributed by atoms with Crippen LogP contribution < -0.4 is 5.01 Å². The number of benzene rings is 2. The number of carbonyl (C=O) groups is 1. The van der Waals surface area contributed by atoms with E-state index in [1.54, 1.807) is 5.01 Å². The summed E-state index contributed by atoms with van der Waals surface area (Å²) in [4.78, 5) is 12.7. The van der Waals surface area contributed by atoms with E-state index < -0.39 is 0 Å². The van der Waals surface area contributed by atoms with Gasteiger partial charge in [0.1, 0.15) is 0 Å². The molecule has 0 aliphatic carbocycles. The van der Waals surface area contributed by atoms with Crippen molar-refractivity contribution in [1.82, 2.24) is 0 Å². The van der Waals surface area contributed by atoms with Crippen molar-refractivity contribution in [3.8, 4) is 0 Å². The van der Waals surface area contributed by atoms with Gasteiger partial charge in [-0.1, -0.05) is 0 Å². The van der Waals surface area contributed by atoms with E-state index in [0.29, 0.717) is 5.56 Å². The van der Waals surface area contributed by atoms with Crippen LogP contribution in [-0.2, 0) is 0 Å². The first-order valence-corrected chi connectivity index (χ1v) is 7.57.